The molecule has 0 spiro atoms. The summed E-state index contributed by atoms with van der Waals surface area (Å²) in [6.07, 6.45) is -0.812. The van der Waals surface area contributed by atoms with E-state index in [0.717, 1.165) is 4.57 Å². The van der Waals surface area contributed by atoms with Crippen molar-refractivity contribution >= 4 is 0 Å². The Hall–Kier alpha value is -2.58. The lowest BCUT2D eigenvalue weighted by Gasteiger charge is -2.24. The van der Waals surface area contributed by atoms with Gasteiger partial charge in [-0.2, -0.15) is 0 Å². The standard InChI is InChI=1S/C20H29N3O5/c1-20(2,3)21-11-14(24)12-23-15(10-18(25)22(4)19(23)26)13-7-8-16(27-5)17(9-13)28-6/h7-10,14,21,24H,11-12H2,1-6H3. The Kier molecular flexibility index (Phi) is 6.69. The van der Waals surface area contributed by atoms with Crippen molar-refractivity contribution in [3.05, 3.63) is 45.1 Å². The first-order valence-corrected chi connectivity index (χ1v) is 9.03. The molecule has 1 heterocycles. The first-order chi connectivity index (χ1) is 13.1. The second kappa shape index (κ2) is 8.62. The number of benzene rings is 1. The molecule has 0 fully saturated rings. The van der Waals surface area contributed by atoms with E-state index < -0.39 is 17.4 Å². The van der Waals surface area contributed by atoms with Crippen molar-refractivity contribution in [3.8, 4) is 22.8 Å². The van der Waals surface area contributed by atoms with Crippen molar-refractivity contribution in [2.24, 2.45) is 7.05 Å². The van der Waals surface area contributed by atoms with Gasteiger partial charge in [-0.15, -0.1) is 0 Å². The minimum Gasteiger partial charge on any atom is -0.493 e. The van der Waals surface area contributed by atoms with Gasteiger partial charge in [-0.1, -0.05) is 0 Å². The molecule has 8 heteroatoms. The van der Waals surface area contributed by atoms with E-state index in [2.05, 4.69) is 5.32 Å². The number of hydrogen-bond acceptors (Lipinski definition) is 6. The SMILES string of the molecule is COc1ccc(-c2cc(=O)n(C)c(=O)n2CC(O)CNC(C)(C)C)cc1OC. The normalized spacial score (nSPS) is 12.7. The summed E-state index contributed by atoms with van der Waals surface area (Å²) in [6, 6.07) is 6.53. The number of rotatable bonds is 7. The molecule has 28 heavy (non-hydrogen) atoms. The van der Waals surface area contributed by atoms with Crippen LogP contribution in [0.3, 0.4) is 0 Å². The summed E-state index contributed by atoms with van der Waals surface area (Å²) in [7, 11) is 4.46. The van der Waals surface area contributed by atoms with Crippen molar-refractivity contribution < 1.29 is 14.6 Å². The van der Waals surface area contributed by atoms with Crippen LogP contribution in [0.2, 0.25) is 0 Å². The summed E-state index contributed by atoms with van der Waals surface area (Å²) in [5, 5.41) is 13.7. The maximum atomic E-state index is 12.7. The molecule has 0 saturated carbocycles. The predicted molar refractivity (Wildman–Crippen MR) is 108 cm³/mol. The smallest absolute Gasteiger partial charge is 0.331 e. The fourth-order valence-electron chi connectivity index (χ4n) is 2.78. The van der Waals surface area contributed by atoms with E-state index in [4.69, 9.17) is 9.47 Å². The molecule has 2 rings (SSSR count). The van der Waals surface area contributed by atoms with Gasteiger partial charge in [0, 0.05) is 30.8 Å². The van der Waals surface area contributed by atoms with Gasteiger partial charge >= 0.3 is 5.69 Å². The molecule has 1 atom stereocenters. The molecule has 0 aliphatic heterocycles. The topological polar surface area (TPSA) is 94.7 Å². The van der Waals surface area contributed by atoms with E-state index in [-0.39, 0.29) is 12.1 Å². The van der Waals surface area contributed by atoms with Crippen LogP contribution < -0.4 is 26.0 Å². The molecule has 1 unspecified atom stereocenters. The summed E-state index contributed by atoms with van der Waals surface area (Å²) in [5.74, 6) is 1.02. The molecule has 0 aliphatic carbocycles. The number of aliphatic hydroxyl groups is 1. The quantitative estimate of drug-likeness (QED) is 0.731. The van der Waals surface area contributed by atoms with Gasteiger partial charge in [0.1, 0.15) is 0 Å². The molecule has 154 valence electrons. The zero-order chi connectivity index (χ0) is 21.1. The highest BCUT2D eigenvalue weighted by molar-refractivity contribution is 5.64. The Morgan fingerprint density at radius 2 is 1.75 bits per heavy atom. The second-order valence-electron chi connectivity index (χ2n) is 7.67. The number of nitrogens with zero attached hydrogens (tertiary/aromatic N) is 2. The Balaban J connectivity index is 2.50. The lowest BCUT2D eigenvalue weighted by Crippen LogP contribution is -2.45. The van der Waals surface area contributed by atoms with Crippen LogP contribution in [-0.2, 0) is 13.6 Å². The number of β-amino-alcohol motifs (C(OH)–C–C–N with tert-alkyl or cyclic N) is 1. The van der Waals surface area contributed by atoms with E-state index in [1.807, 2.05) is 20.8 Å². The average molecular weight is 391 g/mol. The monoisotopic (exact) mass is 391 g/mol. The van der Waals surface area contributed by atoms with Crippen LogP contribution in [0.1, 0.15) is 20.8 Å². The Labute approximate surface area is 164 Å². The molecule has 0 amide bonds. The molecule has 0 aliphatic rings. The molecule has 1 aromatic carbocycles. The maximum Gasteiger partial charge on any atom is 0.331 e. The average Bonchev–Trinajstić information content (AvgIpc) is 2.65. The number of ether oxygens (including phenoxy) is 2. The van der Waals surface area contributed by atoms with Gasteiger partial charge in [-0.25, -0.2) is 4.79 Å². The molecule has 2 aromatic rings. The zero-order valence-corrected chi connectivity index (χ0v) is 17.3. The summed E-state index contributed by atoms with van der Waals surface area (Å²) < 4.78 is 13.0. The van der Waals surface area contributed by atoms with Crippen LogP contribution >= 0.6 is 0 Å². The fourth-order valence-corrected chi connectivity index (χ4v) is 2.78. The number of hydrogen-bond donors (Lipinski definition) is 2. The highest BCUT2D eigenvalue weighted by atomic mass is 16.5. The first kappa shape index (κ1) is 21.7. The Bertz CT molecular complexity index is 940. The summed E-state index contributed by atoms with van der Waals surface area (Å²) in [5.41, 5.74) is -0.0606. The van der Waals surface area contributed by atoms with E-state index in [1.165, 1.54) is 31.9 Å². The van der Waals surface area contributed by atoms with Gasteiger partial charge < -0.3 is 19.9 Å². The molecule has 0 radical (unpaired) electrons. The van der Waals surface area contributed by atoms with Crippen molar-refractivity contribution in [2.75, 3.05) is 20.8 Å². The maximum absolute atomic E-state index is 12.7. The van der Waals surface area contributed by atoms with Crippen molar-refractivity contribution in [1.29, 1.82) is 0 Å². The minimum atomic E-state index is -0.812. The van der Waals surface area contributed by atoms with Crippen molar-refractivity contribution in [2.45, 2.75) is 39.0 Å². The van der Waals surface area contributed by atoms with E-state index >= 15 is 0 Å². The minimum absolute atomic E-state index is 0.0414. The molecule has 0 bridgehead atoms. The van der Waals surface area contributed by atoms with Gasteiger partial charge in [-0.05, 0) is 39.0 Å². The first-order valence-electron chi connectivity index (χ1n) is 9.03. The zero-order valence-electron chi connectivity index (χ0n) is 17.3. The lowest BCUT2D eigenvalue weighted by molar-refractivity contribution is 0.140. The van der Waals surface area contributed by atoms with Gasteiger partial charge in [-0.3, -0.25) is 13.9 Å². The van der Waals surface area contributed by atoms with Crippen LogP contribution in [0, 0.1) is 0 Å². The second-order valence-corrected chi connectivity index (χ2v) is 7.67. The summed E-state index contributed by atoms with van der Waals surface area (Å²) in [4.78, 5) is 25.0. The van der Waals surface area contributed by atoms with Crippen molar-refractivity contribution in [1.82, 2.24) is 14.5 Å². The van der Waals surface area contributed by atoms with Crippen LogP contribution in [0.4, 0.5) is 0 Å². The van der Waals surface area contributed by atoms with E-state index in [1.54, 1.807) is 18.2 Å². The number of methoxy groups -OCH3 is 2. The van der Waals surface area contributed by atoms with Gasteiger partial charge in [0.15, 0.2) is 11.5 Å². The third-order valence-electron chi connectivity index (χ3n) is 4.34. The number of aliphatic hydroxyl groups excluding tert-OH is 1. The third-order valence-corrected chi connectivity index (χ3v) is 4.34. The molecule has 1 aromatic heterocycles. The van der Waals surface area contributed by atoms with Crippen LogP contribution in [-0.4, -0.2) is 46.6 Å². The molecule has 0 saturated heterocycles. The van der Waals surface area contributed by atoms with Gasteiger partial charge in [0.05, 0.1) is 32.6 Å². The van der Waals surface area contributed by atoms with E-state index in [9.17, 15) is 14.7 Å². The van der Waals surface area contributed by atoms with Crippen LogP contribution in [0.15, 0.2) is 33.9 Å². The van der Waals surface area contributed by atoms with Crippen LogP contribution in [0.25, 0.3) is 11.3 Å². The molecule has 8 nitrogen and oxygen atoms in total. The fraction of sp³-hybridized carbons (Fsp3) is 0.500. The molecular weight excluding hydrogens is 362 g/mol. The van der Waals surface area contributed by atoms with E-state index in [0.29, 0.717) is 29.3 Å². The van der Waals surface area contributed by atoms with Crippen LogP contribution in [0.5, 0.6) is 11.5 Å². The Morgan fingerprint density at radius 3 is 2.32 bits per heavy atom. The molecular formula is C20H29N3O5. The number of aromatic nitrogens is 2. The number of nitrogens with one attached hydrogen (secondary N) is 1. The highest BCUT2D eigenvalue weighted by Crippen LogP contribution is 2.31. The summed E-state index contributed by atoms with van der Waals surface area (Å²) >= 11 is 0. The van der Waals surface area contributed by atoms with Gasteiger partial charge in [0.25, 0.3) is 5.56 Å². The largest absolute Gasteiger partial charge is 0.493 e. The predicted octanol–water partition coefficient (Wildman–Crippen LogP) is 0.980. The lowest BCUT2D eigenvalue weighted by atomic mass is 10.1. The Morgan fingerprint density at radius 1 is 1.11 bits per heavy atom. The summed E-state index contributed by atoms with van der Waals surface area (Å²) in [6.45, 7) is 6.33. The molecule has 2 N–H and O–H groups in total. The highest BCUT2D eigenvalue weighted by Gasteiger charge is 2.18. The van der Waals surface area contributed by atoms with Gasteiger partial charge in [0.2, 0.25) is 0 Å². The van der Waals surface area contributed by atoms with Crippen molar-refractivity contribution in [3.63, 3.8) is 0 Å². The third kappa shape index (κ3) is 5.02.